The van der Waals surface area contributed by atoms with Gasteiger partial charge in [0.25, 0.3) is 0 Å². The fourth-order valence-corrected chi connectivity index (χ4v) is 2.03. The van der Waals surface area contributed by atoms with E-state index >= 15 is 0 Å². The zero-order valence-corrected chi connectivity index (χ0v) is 10.8. The lowest BCUT2D eigenvalue weighted by atomic mass is 9.87. The van der Waals surface area contributed by atoms with Crippen molar-refractivity contribution in [2.45, 2.75) is 18.9 Å². The zero-order chi connectivity index (χ0) is 13.3. The summed E-state index contributed by atoms with van der Waals surface area (Å²) >= 11 is 0. The highest BCUT2D eigenvalue weighted by molar-refractivity contribution is 5.98. The molecular formula is C13H17N3O2. The molecule has 1 aliphatic heterocycles. The van der Waals surface area contributed by atoms with Crippen LogP contribution in [0.25, 0.3) is 0 Å². The topological polar surface area (TPSA) is 67.9 Å². The van der Waals surface area contributed by atoms with Gasteiger partial charge in [0.15, 0.2) is 5.96 Å². The number of benzene rings is 1. The molecule has 1 aromatic rings. The summed E-state index contributed by atoms with van der Waals surface area (Å²) in [5, 5.41) is 0. The molecule has 1 aliphatic rings. The second kappa shape index (κ2) is 4.33. The van der Waals surface area contributed by atoms with E-state index in [1.807, 2.05) is 31.2 Å². The highest BCUT2D eigenvalue weighted by Gasteiger charge is 2.36. The fourth-order valence-electron chi connectivity index (χ4n) is 2.03. The lowest BCUT2D eigenvalue weighted by molar-refractivity contribution is -0.128. The minimum Gasteiger partial charge on any atom is -0.497 e. The van der Waals surface area contributed by atoms with Crippen molar-refractivity contribution in [3.63, 3.8) is 0 Å². The van der Waals surface area contributed by atoms with E-state index in [4.69, 9.17) is 10.5 Å². The number of nitrogens with two attached hydrogens (primary N) is 1. The molecule has 2 N–H and O–H groups in total. The first kappa shape index (κ1) is 12.4. The molecule has 0 fully saturated rings. The molecule has 18 heavy (non-hydrogen) atoms. The third-order valence-electron chi connectivity index (χ3n) is 3.27. The van der Waals surface area contributed by atoms with Gasteiger partial charge < -0.3 is 10.5 Å². The number of guanidine groups is 1. The van der Waals surface area contributed by atoms with E-state index < -0.39 is 5.54 Å². The smallest absolute Gasteiger partial charge is 0.231 e. The van der Waals surface area contributed by atoms with Crippen LogP contribution in [0, 0.1) is 0 Å². The summed E-state index contributed by atoms with van der Waals surface area (Å²) in [5.74, 6) is 0.957. The molecule has 5 nitrogen and oxygen atoms in total. The lowest BCUT2D eigenvalue weighted by Crippen LogP contribution is -2.47. The summed E-state index contributed by atoms with van der Waals surface area (Å²) in [5.41, 5.74) is 6.08. The first-order chi connectivity index (χ1) is 8.46. The monoisotopic (exact) mass is 247 g/mol. The number of rotatable bonds is 2. The SMILES string of the molecule is COc1cccc([C@]2(C)CC(=O)N(C)C(N)=N2)c1. The quantitative estimate of drug-likeness (QED) is 0.850. The average molecular weight is 247 g/mol. The number of aliphatic imine (C=N–C) groups is 1. The molecule has 2 rings (SSSR count). The molecule has 1 heterocycles. The molecule has 0 aliphatic carbocycles. The first-order valence-corrected chi connectivity index (χ1v) is 5.73. The van der Waals surface area contributed by atoms with Gasteiger partial charge in [-0.15, -0.1) is 0 Å². The first-order valence-electron chi connectivity index (χ1n) is 5.73. The largest absolute Gasteiger partial charge is 0.497 e. The number of hydrogen-bond donors (Lipinski definition) is 1. The zero-order valence-electron chi connectivity index (χ0n) is 10.8. The van der Waals surface area contributed by atoms with Crippen molar-refractivity contribution in [1.29, 1.82) is 0 Å². The Bertz CT molecular complexity index is 513. The van der Waals surface area contributed by atoms with Gasteiger partial charge in [0.05, 0.1) is 19.1 Å². The van der Waals surface area contributed by atoms with Crippen LogP contribution in [0.4, 0.5) is 0 Å². The van der Waals surface area contributed by atoms with Gasteiger partial charge in [-0.1, -0.05) is 12.1 Å². The predicted octanol–water partition coefficient (Wildman–Crippen LogP) is 1.09. The van der Waals surface area contributed by atoms with Crippen LogP contribution in [0.2, 0.25) is 0 Å². The molecule has 1 amide bonds. The normalized spacial score (nSPS) is 23.8. The Balaban J connectivity index is 2.45. The molecule has 5 heteroatoms. The summed E-state index contributed by atoms with van der Waals surface area (Å²) < 4.78 is 5.19. The van der Waals surface area contributed by atoms with E-state index in [2.05, 4.69) is 4.99 Å². The van der Waals surface area contributed by atoms with Crippen LogP contribution in [0.3, 0.4) is 0 Å². The Kier molecular flexibility index (Phi) is 2.98. The summed E-state index contributed by atoms with van der Waals surface area (Å²) in [6.45, 7) is 1.90. The molecule has 0 unspecified atom stereocenters. The molecular weight excluding hydrogens is 230 g/mol. The Morgan fingerprint density at radius 3 is 2.83 bits per heavy atom. The lowest BCUT2D eigenvalue weighted by Gasteiger charge is -2.33. The van der Waals surface area contributed by atoms with E-state index in [0.717, 1.165) is 11.3 Å². The van der Waals surface area contributed by atoms with Crippen LogP contribution >= 0.6 is 0 Å². The summed E-state index contributed by atoms with van der Waals surface area (Å²) in [6, 6.07) is 7.55. The van der Waals surface area contributed by atoms with Crippen molar-refractivity contribution in [3.05, 3.63) is 29.8 Å². The standard InChI is InChI=1S/C13H17N3O2/c1-13(8-11(17)16(2)12(14)15-13)9-5-4-6-10(7-9)18-3/h4-7H,8H2,1-3H3,(H2,14,15)/t13-/m0/s1. The van der Waals surface area contributed by atoms with Gasteiger partial charge >= 0.3 is 0 Å². The van der Waals surface area contributed by atoms with E-state index in [1.165, 1.54) is 4.90 Å². The minimum atomic E-state index is -0.623. The van der Waals surface area contributed by atoms with Gasteiger partial charge in [-0.3, -0.25) is 9.69 Å². The van der Waals surface area contributed by atoms with Crippen LogP contribution in [-0.2, 0) is 10.3 Å². The highest BCUT2D eigenvalue weighted by Crippen LogP contribution is 2.34. The molecule has 1 aromatic carbocycles. The van der Waals surface area contributed by atoms with E-state index in [0.29, 0.717) is 6.42 Å². The number of hydrogen-bond acceptors (Lipinski definition) is 4. The second-order valence-electron chi connectivity index (χ2n) is 4.61. The number of carbonyl (C=O) groups is 1. The number of carbonyl (C=O) groups excluding carboxylic acids is 1. The van der Waals surface area contributed by atoms with Gasteiger partial charge in [0.2, 0.25) is 5.91 Å². The third kappa shape index (κ3) is 2.03. The summed E-state index contributed by atoms with van der Waals surface area (Å²) in [4.78, 5) is 17.7. The minimum absolute atomic E-state index is 0.0344. The van der Waals surface area contributed by atoms with E-state index in [9.17, 15) is 4.79 Å². The predicted molar refractivity (Wildman–Crippen MR) is 69.4 cm³/mol. The van der Waals surface area contributed by atoms with Crippen LogP contribution in [0.15, 0.2) is 29.3 Å². The third-order valence-corrected chi connectivity index (χ3v) is 3.27. The maximum Gasteiger partial charge on any atom is 0.231 e. The van der Waals surface area contributed by atoms with Crippen molar-refractivity contribution in [1.82, 2.24) is 4.90 Å². The van der Waals surface area contributed by atoms with Gasteiger partial charge in [-0.05, 0) is 24.6 Å². The van der Waals surface area contributed by atoms with Gasteiger partial charge in [0.1, 0.15) is 5.75 Å². The maximum atomic E-state index is 11.9. The molecule has 0 spiro atoms. The molecule has 0 aromatic heterocycles. The van der Waals surface area contributed by atoms with Gasteiger partial charge in [-0.25, -0.2) is 4.99 Å². The number of amides is 1. The Labute approximate surface area is 106 Å². The molecule has 0 bridgehead atoms. The highest BCUT2D eigenvalue weighted by atomic mass is 16.5. The molecule has 1 atom stereocenters. The van der Waals surface area contributed by atoms with Crippen molar-refractivity contribution < 1.29 is 9.53 Å². The fraction of sp³-hybridized carbons (Fsp3) is 0.385. The molecule has 0 saturated heterocycles. The van der Waals surface area contributed by atoms with Gasteiger partial charge in [-0.2, -0.15) is 0 Å². The van der Waals surface area contributed by atoms with Crippen molar-refractivity contribution in [2.24, 2.45) is 10.7 Å². The molecule has 96 valence electrons. The Morgan fingerprint density at radius 1 is 1.50 bits per heavy atom. The van der Waals surface area contributed by atoms with Crippen LogP contribution in [-0.4, -0.2) is 30.9 Å². The number of nitrogens with zero attached hydrogens (tertiary/aromatic N) is 2. The van der Waals surface area contributed by atoms with Crippen molar-refractivity contribution in [3.8, 4) is 5.75 Å². The van der Waals surface area contributed by atoms with Crippen molar-refractivity contribution >= 4 is 11.9 Å². The Morgan fingerprint density at radius 2 is 2.22 bits per heavy atom. The van der Waals surface area contributed by atoms with Gasteiger partial charge in [0, 0.05) is 7.05 Å². The van der Waals surface area contributed by atoms with Crippen LogP contribution in [0.1, 0.15) is 18.9 Å². The summed E-state index contributed by atoms with van der Waals surface area (Å²) in [7, 11) is 3.24. The van der Waals surface area contributed by atoms with E-state index in [-0.39, 0.29) is 11.9 Å². The van der Waals surface area contributed by atoms with Crippen LogP contribution < -0.4 is 10.5 Å². The maximum absolute atomic E-state index is 11.9. The number of methoxy groups -OCH3 is 1. The van der Waals surface area contributed by atoms with Crippen LogP contribution in [0.5, 0.6) is 5.75 Å². The summed E-state index contributed by atoms with van der Waals surface area (Å²) in [6.07, 6.45) is 0.303. The molecule has 0 radical (unpaired) electrons. The van der Waals surface area contributed by atoms with Crippen molar-refractivity contribution in [2.75, 3.05) is 14.2 Å². The number of ether oxygens (including phenoxy) is 1. The Hall–Kier alpha value is -2.04. The molecule has 0 saturated carbocycles. The average Bonchev–Trinajstić information content (AvgIpc) is 2.36. The second-order valence-corrected chi connectivity index (χ2v) is 4.61. The van der Waals surface area contributed by atoms with E-state index in [1.54, 1.807) is 14.2 Å².